The van der Waals surface area contributed by atoms with Gasteiger partial charge in [-0.05, 0) is 26.7 Å². The van der Waals surface area contributed by atoms with Gasteiger partial charge in [-0.15, -0.1) is 24.0 Å². The standard InChI is InChI=1S/C16H34N4O.HI/c1-7-9-10-11-14(4)19-16(18-13(3)8-2)17-12-15(21)20(5)6;/h13-14H,7-12H2,1-6H3,(H2,17,18,19);1H. The molecule has 0 heterocycles. The van der Waals surface area contributed by atoms with Crippen molar-refractivity contribution in [2.75, 3.05) is 20.6 Å². The van der Waals surface area contributed by atoms with Gasteiger partial charge in [-0.3, -0.25) is 4.79 Å². The largest absolute Gasteiger partial charge is 0.354 e. The maximum atomic E-state index is 11.7. The Hall–Kier alpha value is -0.530. The van der Waals surface area contributed by atoms with Gasteiger partial charge < -0.3 is 15.5 Å². The Labute approximate surface area is 153 Å². The second kappa shape index (κ2) is 14.1. The van der Waals surface area contributed by atoms with Gasteiger partial charge in [-0.1, -0.05) is 33.1 Å². The number of nitrogens with one attached hydrogen (secondary N) is 2. The van der Waals surface area contributed by atoms with Crippen molar-refractivity contribution >= 4 is 35.8 Å². The molecule has 0 aliphatic carbocycles. The number of halogens is 1. The number of carbonyl (C=O) groups excluding carboxylic acids is 1. The summed E-state index contributed by atoms with van der Waals surface area (Å²) < 4.78 is 0. The molecule has 132 valence electrons. The zero-order valence-corrected chi connectivity index (χ0v) is 17.4. The number of rotatable bonds is 9. The molecule has 0 spiro atoms. The van der Waals surface area contributed by atoms with Gasteiger partial charge in [-0.25, -0.2) is 4.99 Å². The molecule has 0 aromatic heterocycles. The molecular weight excluding hydrogens is 391 g/mol. The summed E-state index contributed by atoms with van der Waals surface area (Å²) in [6, 6.07) is 0.704. The van der Waals surface area contributed by atoms with Crippen LogP contribution in [-0.2, 0) is 4.79 Å². The van der Waals surface area contributed by atoms with Crippen LogP contribution in [0.15, 0.2) is 4.99 Å². The van der Waals surface area contributed by atoms with E-state index in [2.05, 4.69) is 43.3 Å². The van der Waals surface area contributed by atoms with E-state index in [4.69, 9.17) is 0 Å². The van der Waals surface area contributed by atoms with Crippen LogP contribution in [0.1, 0.15) is 59.8 Å². The molecule has 2 atom stereocenters. The maximum Gasteiger partial charge on any atom is 0.243 e. The van der Waals surface area contributed by atoms with Crippen LogP contribution < -0.4 is 10.6 Å². The highest BCUT2D eigenvalue weighted by atomic mass is 127. The summed E-state index contributed by atoms with van der Waals surface area (Å²) in [5.74, 6) is 0.752. The molecule has 0 aromatic carbocycles. The number of aliphatic imine (C=N–C) groups is 1. The number of guanidine groups is 1. The summed E-state index contributed by atoms with van der Waals surface area (Å²) in [7, 11) is 3.50. The van der Waals surface area contributed by atoms with Crippen LogP contribution in [-0.4, -0.2) is 49.5 Å². The minimum absolute atomic E-state index is 0. The molecule has 0 aromatic rings. The molecule has 0 aliphatic heterocycles. The van der Waals surface area contributed by atoms with Crippen molar-refractivity contribution in [1.29, 1.82) is 0 Å². The average Bonchev–Trinajstić information content (AvgIpc) is 2.44. The highest BCUT2D eigenvalue weighted by molar-refractivity contribution is 14.0. The van der Waals surface area contributed by atoms with E-state index in [1.54, 1.807) is 19.0 Å². The Balaban J connectivity index is 0. The molecule has 2 unspecified atom stereocenters. The third-order valence-electron chi connectivity index (χ3n) is 3.49. The molecule has 5 nitrogen and oxygen atoms in total. The summed E-state index contributed by atoms with van der Waals surface area (Å²) in [5, 5.41) is 6.75. The lowest BCUT2D eigenvalue weighted by atomic mass is 10.1. The van der Waals surface area contributed by atoms with Gasteiger partial charge in [0, 0.05) is 26.2 Å². The maximum absolute atomic E-state index is 11.7. The number of amides is 1. The van der Waals surface area contributed by atoms with Gasteiger partial charge in [0.25, 0.3) is 0 Å². The van der Waals surface area contributed by atoms with E-state index in [1.165, 1.54) is 19.3 Å². The second-order valence-corrected chi connectivity index (χ2v) is 5.95. The van der Waals surface area contributed by atoms with Crippen molar-refractivity contribution in [1.82, 2.24) is 15.5 Å². The molecule has 0 saturated carbocycles. The Kier molecular flexibility index (Phi) is 15.2. The van der Waals surface area contributed by atoms with Crippen LogP contribution in [0.3, 0.4) is 0 Å². The van der Waals surface area contributed by atoms with Gasteiger partial charge >= 0.3 is 0 Å². The van der Waals surface area contributed by atoms with Crippen molar-refractivity contribution in [3.8, 4) is 0 Å². The van der Waals surface area contributed by atoms with Crippen LogP contribution in [0.2, 0.25) is 0 Å². The number of nitrogens with zero attached hydrogens (tertiary/aromatic N) is 2. The fourth-order valence-electron chi connectivity index (χ4n) is 1.76. The third kappa shape index (κ3) is 12.1. The smallest absolute Gasteiger partial charge is 0.243 e. The lowest BCUT2D eigenvalue weighted by Crippen LogP contribution is -2.46. The zero-order valence-electron chi connectivity index (χ0n) is 15.1. The average molecular weight is 426 g/mol. The summed E-state index contributed by atoms with van der Waals surface area (Å²) in [6.45, 7) is 8.80. The third-order valence-corrected chi connectivity index (χ3v) is 3.49. The van der Waals surface area contributed by atoms with Crippen molar-refractivity contribution in [3.05, 3.63) is 0 Å². The molecule has 0 radical (unpaired) electrons. The fourth-order valence-corrected chi connectivity index (χ4v) is 1.76. The van der Waals surface area contributed by atoms with E-state index in [9.17, 15) is 4.79 Å². The highest BCUT2D eigenvalue weighted by Gasteiger charge is 2.09. The van der Waals surface area contributed by atoms with Crippen molar-refractivity contribution < 1.29 is 4.79 Å². The molecule has 0 rings (SSSR count). The van der Waals surface area contributed by atoms with Crippen molar-refractivity contribution in [2.45, 2.75) is 71.9 Å². The number of hydrogen-bond donors (Lipinski definition) is 2. The second-order valence-electron chi connectivity index (χ2n) is 5.95. The zero-order chi connectivity index (χ0) is 16.3. The molecule has 6 heteroatoms. The Bertz CT molecular complexity index is 321. The molecule has 1 amide bonds. The van der Waals surface area contributed by atoms with Crippen molar-refractivity contribution in [3.63, 3.8) is 0 Å². The topological polar surface area (TPSA) is 56.7 Å². The SMILES string of the molecule is CCCCCC(C)NC(=NCC(=O)N(C)C)NC(C)CC.I. The molecule has 0 saturated heterocycles. The monoisotopic (exact) mass is 426 g/mol. The van der Waals surface area contributed by atoms with Gasteiger partial charge in [0.15, 0.2) is 5.96 Å². The molecule has 0 fully saturated rings. The van der Waals surface area contributed by atoms with E-state index in [1.807, 2.05) is 0 Å². The normalized spacial score (nSPS) is 13.8. The minimum Gasteiger partial charge on any atom is -0.354 e. The molecule has 0 bridgehead atoms. The van der Waals surface area contributed by atoms with Gasteiger partial charge in [-0.2, -0.15) is 0 Å². The van der Waals surface area contributed by atoms with E-state index < -0.39 is 0 Å². The van der Waals surface area contributed by atoms with E-state index in [-0.39, 0.29) is 36.4 Å². The Morgan fingerprint density at radius 3 is 2.18 bits per heavy atom. The van der Waals surface area contributed by atoms with E-state index in [0.717, 1.165) is 18.8 Å². The molecule has 22 heavy (non-hydrogen) atoms. The molecule has 0 aliphatic rings. The predicted molar refractivity (Wildman–Crippen MR) is 106 cm³/mol. The first kappa shape index (κ1) is 23.7. The Morgan fingerprint density at radius 1 is 1.09 bits per heavy atom. The number of likely N-dealkylation sites (N-methyl/N-ethyl adjacent to an activating group) is 1. The quantitative estimate of drug-likeness (QED) is 0.258. The fraction of sp³-hybridized carbons (Fsp3) is 0.875. The van der Waals surface area contributed by atoms with Crippen LogP contribution in [0.5, 0.6) is 0 Å². The number of hydrogen-bond acceptors (Lipinski definition) is 2. The summed E-state index contributed by atoms with van der Waals surface area (Å²) in [6.07, 6.45) is 5.85. The van der Waals surface area contributed by atoms with Crippen LogP contribution in [0.25, 0.3) is 0 Å². The van der Waals surface area contributed by atoms with Gasteiger partial charge in [0.2, 0.25) is 5.91 Å². The molecular formula is C16H35IN4O. The van der Waals surface area contributed by atoms with E-state index >= 15 is 0 Å². The minimum atomic E-state index is 0. The predicted octanol–water partition coefficient (Wildman–Crippen LogP) is 3.00. The van der Waals surface area contributed by atoms with Crippen LogP contribution >= 0.6 is 24.0 Å². The van der Waals surface area contributed by atoms with Crippen LogP contribution in [0, 0.1) is 0 Å². The summed E-state index contributed by atoms with van der Waals surface area (Å²) in [4.78, 5) is 17.6. The summed E-state index contributed by atoms with van der Waals surface area (Å²) >= 11 is 0. The van der Waals surface area contributed by atoms with Crippen LogP contribution in [0.4, 0.5) is 0 Å². The lowest BCUT2D eigenvalue weighted by Gasteiger charge is -2.21. The Morgan fingerprint density at radius 2 is 1.68 bits per heavy atom. The van der Waals surface area contributed by atoms with E-state index in [0.29, 0.717) is 12.1 Å². The first-order valence-corrected chi connectivity index (χ1v) is 8.18. The first-order chi connectivity index (χ1) is 9.90. The summed E-state index contributed by atoms with van der Waals surface area (Å²) in [5.41, 5.74) is 0. The van der Waals surface area contributed by atoms with Crippen molar-refractivity contribution in [2.24, 2.45) is 4.99 Å². The lowest BCUT2D eigenvalue weighted by molar-refractivity contribution is -0.127. The van der Waals surface area contributed by atoms with Gasteiger partial charge in [0.1, 0.15) is 6.54 Å². The first-order valence-electron chi connectivity index (χ1n) is 8.18. The van der Waals surface area contributed by atoms with Gasteiger partial charge in [0.05, 0.1) is 0 Å². The number of carbonyl (C=O) groups is 1. The number of unbranched alkanes of at least 4 members (excludes halogenated alkanes) is 2. The molecule has 2 N–H and O–H groups in total. The highest BCUT2D eigenvalue weighted by Crippen LogP contribution is 2.03.